The molecular weight excluding hydrogens is 222 g/mol. The topological polar surface area (TPSA) is 25.2 Å². The van der Waals surface area contributed by atoms with E-state index in [1.807, 2.05) is 12.1 Å². The highest BCUT2D eigenvalue weighted by Gasteiger charge is 2.06. The number of furan rings is 1. The summed E-state index contributed by atoms with van der Waals surface area (Å²) < 4.78 is 5.68. The summed E-state index contributed by atoms with van der Waals surface area (Å²) in [5, 5.41) is 3.48. The van der Waals surface area contributed by atoms with Crippen molar-refractivity contribution in [3.8, 4) is 0 Å². The van der Waals surface area contributed by atoms with Crippen molar-refractivity contribution < 1.29 is 4.42 Å². The van der Waals surface area contributed by atoms with Crippen LogP contribution < -0.4 is 5.32 Å². The Morgan fingerprint density at radius 3 is 2.33 bits per heavy atom. The largest absolute Gasteiger partial charge is 0.465 e. The van der Waals surface area contributed by atoms with Crippen LogP contribution in [0.1, 0.15) is 42.5 Å². The number of hydrogen-bond acceptors (Lipinski definition) is 2. The molecule has 0 radical (unpaired) electrons. The van der Waals surface area contributed by atoms with Gasteiger partial charge in [0.25, 0.3) is 0 Å². The molecule has 0 aliphatic heterocycles. The summed E-state index contributed by atoms with van der Waals surface area (Å²) in [5.41, 5.74) is 2.60. The molecule has 2 heteroatoms. The van der Waals surface area contributed by atoms with Gasteiger partial charge < -0.3 is 9.73 Å². The zero-order chi connectivity index (χ0) is 13.0. The summed E-state index contributed by atoms with van der Waals surface area (Å²) in [7, 11) is 0. The van der Waals surface area contributed by atoms with Crippen LogP contribution in [0, 0.1) is 6.92 Å². The molecule has 0 aliphatic rings. The maximum atomic E-state index is 5.68. The van der Waals surface area contributed by atoms with E-state index in [0.717, 1.165) is 24.5 Å². The van der Waals surface area contributed by atoms with Gasteiger partial charge in [0.15, 0.2) is 0 Å². The molecule has 0 bridgehead atoms. The van der Waals surface area contributed by atoms with Gasteiger partial charge in [0.1, 0.15) is 11.5 Å². The van der Waals surface area contributed by atoms with E-state index in [1.165, 1.54) is 11.1 Å². The van der Waals surface area contributed by atoms with E-state index in [0.29, 0.717) is 6.04 Å². The van der Waals surface area contributed by atoms with E-state index in [-0.39, 0.29) is 0 Å². The molecule has 1 aromatic heterocycles. The van der Waals surface area contributed by atoms with Crippen molar-refractivity contribution in [2.45, 2.75) is 39.8 Å². The zero-order valence-electron chi connectivity index (χ0n) is 11.4. The summed E-state index contributed by atoms with van der Waals surface area (Å²) >= 11 is 0. The molecule has 0 amide bonds. The molecule has 2 rings (SSSR count). The van der Waals surface area contributed by atoms with E-state index < -0.39 is 0 Å². The predicted molar refractivity (Wildman–Crippen MR) is 74.5 cm³/mol. The van der Waals surface area contributed by atoms with Crippen LogP contribution in [-0.2, 0) is 13.0 Å². The van der Waals surface area contributed by atoms with Crippen LogP contribution in [0.5, 0.6) is 0 Å². The summed E-state index contributed by atoms with van der Waals surface area (Å²) in [6.45, 7) is 7.16. The van der Waals surface area contributed by atoms with E-state index in [4.69, 9.17) is 4.42 Å². The average Bonchev–Trinajstić information content (AvgIpc) is 2.85. The summed E-state index contributed by atoms with van der Waals surface area (Å²) in [4.78, 5) is 0. The maximum Gasteiger partial charge on any atom is 0.117 e. The third-order valence-corrected chi connectivity index (χ3v) is 3.23. The van der Waals surface area contributed by atoms with Crippen LogP contribution >= 0.6 is 0 Å². The quantitative estimate of drug-likeness (QED) is 0.858. The van der Waals surface area contributed by atoms with Gasteiger partial charge in [0.2, 0.25) is 0 Å². The first-order valence-electron chi connectivity index (χ1n) is 6.56. The maximum absolute atomic E-state index is 5.68. The first-order chi connectivity index (χ1) is 8.69. The van der Waals surface area contributed by atoms with Gasteiger partial charge in [-0.1, -0.05) is 36.8 Å². The minimum Gasteiger partial charge on any atom is -0.465 e. The van der Waals surface area contributed by atoms with E-state index in [9.17, 15) is 0 Å². The Bertz CT molecular complexity index is 484. The monoisotopic (exact) mass is 243 g/mol. The highest BCUT2D eigenvalue weighted by molar-refractivity contribution is 5.23. The van der Waals surface area contributed by atoms with Crippen LogP contribution in [0.2, 0.25) is 0 Å². The van der Waals surface area contributed by atoms with E-state index in [1.54, 1.807) is 0 Å². The Morgan fingerprint density at radius 2 is 1.72 bits per heavy atom. The molecule has 1 N–H and O–H groups in total. The fourth-order valence-electron chi connectivity index (χ4n) is 1.93. The molecule has 0 fully saturated rings. The second-order valence-electron chi connectivity index (χ2n) is 4.73. The van der Waals surface area contributed by atoms with Crippen molar-refractivity contribution in [2.24, 2.45) is 0 Å². The van der Waals surface area contributed by atoms with Crippen molar-refractivity contribution >= 4 is 0 Å². The lowest BCUT2D eigenvalue weighted by Gasteiger charge is -2.13. The number of rotatable bonds is 5. The molecule has 1 aromatic carbocycles. The van der Waals surface area contributed by atoms with Crippen molar-refractivity contribution in [1.82, 2.24) is 5.32 Å². The fraction of sp³-hybridized carbons (Fsp3) is 0.375. The standard InChI is InChI=1S/C16H21NO/c1-4-15-9-10-16(18-15)11-17-13(3)14-7-5-12(2)6-8-14/h5-10,13,17H,4,11H2,1-3H3/t13-/m0/s1. The molecule has 2 nitrogen and oxygen atoms in total. The number of nitrogens with one attached hydrogen (secondary N) is 1. The van der Waals surface area contributed by atoms with E-state index >= 15 is 0 Å². The van der Waals surface area contributed by atoms with E-state index in [2.05, 4.69) is 50.4 Å². The molecule has 0 saturated carbocycles. The van der Waals surface area contributed by atoms with Gasteiger partial charge in [-0.05, 0) is 31.5 Å². The predicted octanol–water partition coefficient (Wildman–Crippen LogP) is 4.00. The van der Waals surface area contributed by atoms with Crippen LogP contribution in [-0.4, -0.2) is 0 Å². The Labute approximate surface area is 109 Å². The summed E-state index contributed by atoms with van der Waals surface area (Å²) in [6, 6.07) is 13.1. The summed E-state index contributed by atoms with van der Waals surface area (Å²) in [5.74, 6) is 2.06. The van der Waals surface area contributed by atoms with Crippen LogP contribution in [0.4, 0.5) is 0 Å². The lowest BCUT2D eigenvalue weighted by Crippen LogP contribution is -2.17. The highest BCUT2D eigenvalue weighted by Crippen LogP contribution is 2.15. The van der Waals surface area contributed by atoms with Crippen LogP contribution in [0.15, 0.2) is 40.8 Å². The minimum absolute atomic E-state index is 0.334. The lowest BCUT2D eigenvalue weighted by molar-refractivity contribution is 0.435. The Balaban J connectivity index is 1.91. The highest BCUT2D eigenvalue weighted by atomic mass is 16.3. The molecular formula is C16H21NO. The second kappa shape index (κ2) is 5.87. The number of benzene rings is 1. The Kier molecular flexibility index (Phi) is 4.21. The summed E-state index contributed by atoms with van der Waals surface area (Å²) in [6.07, 6.45) is 0.952. The molecule has 2 aromatic rings. The third kappa shape index (κ3) is 3.23. The first-order valence-corrected chi connectivity index (χ1v) is 6.56. The smallest absolute Gasteiger partial charge is 0.117 e. The van der Waals surface area contributed by atoms with Crippen molar-refractivity contribution in [3.05, 3.63) is 59.0 Å². The number of hydrogen-bond donors (Lipinski definition) is 1. The fourth-order valence-corrected chi connectivity index (χ4v) is 1.93. The van der Waals surface area contributed by atoms with Gasteiger partial charge in [0.05, 0.1) is 6.54 Å². The molecule has 0 spiro atoms. The molecule has 0 saturated heterocycles. The van der Waals surface area contributed by atoms with Gasteiger partial charge in [0, 0.05) is 12.5 Å². The molecule has 18 heavy (non-hydrogen) atoms. The molecule has 1 atom stereocenters. The van der Waals surface area contributed by atoms with Gasteiger partial charge in [-0.3, -0.25) is 0 Å². The molecule has 96 valence electrons. The molecule has 0 unspecified atom stereocenters. The minimum atomic E-state index is 0.334. The van der Waals surface area contributed by atoms with Gasteiger partial charge in [-0.15, -0.1) is 0 Å². The zero-order valence-corrected chi connectivity index (χ0v) is 11.4. The molecule has 1 heterocycles. The second-order valence-corrected chi connectivity index (χ2v) is 4.73. The van der Waals surface area contributed by atoms with Crippen molar-refractivity contribution in [2.75, 3.05) is 0 Å². The van der Waals surface area contributed by atoms with Crippen molar-refractivity contribution in [3.63, 3.8) is 0 Å². The molecule has 0 aliphatic carbocycles. The van der Waals surface area contributed by atoms with Gasteiger partial charge in [-0.2, -0.15) is 0 Å². The average molecular weight is 243 g/mol. The van der Waals surface area contributed by atoms with Gasteiger partial charge in [-0.25, -0.2) is 0 Å². The van der Waals surface area contributed by atoms with Crippen LogP contribution in [0.25, 0.3) is 0 Å². The van der Waals surface area contributed by atoms with Crippen molar-refractivity contribution in [1.29, 1.82) is 0 Å². The number of aryl methyl sites for hydroxylation is 2. The Morgan fingerprint density at radius 1 is 1.06 bits per heavy atom. The van der Waals surface area contributed by atoms with Gasteiger partial charge >= 0.3 is 0 Å². The van der Waals surface area contributed by atoms with Crippen LogP contribution in [0.3, 0.4) is 0 Å². The SMILES string of the molecule is CCc1ccc(CN[C@@H](C)c2ccc(C)cc2)o1. The third-order valence-electron chi connectivity index (χ3n) is 3.23. The first kappa shape index (κ1) is 12.9. The lowest BCUT2D eigenvalue weighted by atomic mass is 10.1. The normalized spacial score (nSPS) is 12.6. The Hall–Kier alpha value is -1.54.